The number of rotatable bonds is 4. The van der Waals surface area contributed by atoms with Crippen LogP contribution in [0.5, 0.6) is 0 Å². The number of methoxy groups -OCH3 is 1. The molecule has 1 aliphatic heterocycles. The number of esters is 1. The van der Waals surface area contributed by atoms with E-state index in [2.05, 4.69) is 22.0 Å². The van der Waals surface area contributed by atoms with Gasteiger partial charge in [0.15, 0.2) is 0 Å². The minimum absolute atomic E-state index is 0.285. The highest BCUT2D eigenvalue weighted by atomic mass is 16.5. The van der Waals surface area contributed by atoms with Gasteiger partial charge in [-0.05, 0) is 49.2 Å². The van der Waals surface area contributed by atoms with Crippen molar-refractivity contribution in [3.63, 3.8) is 0 Å². The van der Waals surface area contributed by atoms with Crippen molar-refractivity contribution in [1.82, 2.24) is 9.88 Å². The number of likely N-dealkylation sites (tertiary alicyclic amines) is 1. The van der Waals surface area contributed by atoms with Gasteiger partial charge in [0.1, 0.15) is 0 Å². The third-order valence-electron chi connectivity index (χ3n) is 4.11. The fourth-order valence-electron chi connectivity index (χ4n) is 3.02. The summed E-state index contributed by atoms with van der Waals surface area (Å²) in [5.41, 5.74) is 3.11. The van der Waals surface area contributed by atoms with Crippen LogP contribution in [0.1, 0.15) is 40.5 Å². The molecule has 0 radical (unpaired) electrons. The lowest BCUT2D eigenvalue weighted by Crippen LogP contribution is -2.23. The van der Waals surface area contributed by atoms with Crippen LogP contribution < -0.4 is 0 Å². The van der Waals surface area contributed by atoms with Crippen molar-refractivity contribution >= 4 is 5.97 Å². The fourth-order valence-corrected chi connectivity index (χ4v) is 3.02. The SMILES string of the molecule is COC(=O)c1ccc(CN2CCC[C@H]2c2ccc[nH]2)cc1. The van der Waals surface area contributed by atoms with Gasteiger partial charge in [0.25, 0.3) is 0 Å². The third kappa shape index (κ3) is 3.00. The number of H-pyrrole nitrogens is 1. The molecule has 0 aliphatic carbocycles. The van der Waals surface area contributed by atoms with Gasteiger partial charge in [-0.15, -0.1) is 0 Å². The summed E-state index contributed by atoms with van der Waals surface area (Å²) in [6, 6.07) is 12.4. The molecule has 2 heterocycles. The second kappa shape index (κ2) is 6.14. The van der Waals surface area contributed by atoms with Crippen LogP contribution in [0.25, 0.3) is 0 Å². The summed E-state index contributed by atoms with van der Waals surface area (Å²) < 4.78 is 4.72. The monoisotopic (exact) mass is 284 g/mol. The van der Waals surface area contributed by atoms with E-state index in [1.165, 1.54) is 31.2 Å². The van der Waals surface area contributed by atoms with E-state index >= 15 is 0 Å². The summed E-state index contributed by atoms with van der Waals surface area (Å²) >= 11 is 0. The van der Waals surface area contributed by atoms with E-state index in [4.69, 9.17) is 4.74 Å². The van der Waals surface area contributed by atoms with E-state index in [0.717, 1.165) is 13.1 Å². The van der Waals surface area contributed by atoms with Gasteiger partial charge < -0.3 is 9.72 Å². The second-order valence-corrected chi connectivity index (χ2v) is 5.44. The van der Waals surface area contributed by atoms with Crippen molar-refractivity contribution in [2.75, 3.05) is 13.7 Å². The molecule has 1 aliphatic rings. The maximum atomic E-state index is 11.4. The topological polar surface area (TPSA) is 45.3 Å². The number of ether oxygens (including phenoxy) is 1. The Hall–Kier alpha value is -2.07. The number of benzene rings is 1. The highest BCUT2D eigenvalue weighted by Crippen LogP contribution is 2.32. The van der Waals surface area contributed by atoms with Crippen LogP contribution in [0.2, 0.25) is 0 Å². The second-order valence-electron chi connectivity index (χ2n) is 5.44. The molecule has 4 heteroatoms. The zero-order valence-corrected chi connectivity index (χ0v) is 12.2. The highest BCUT2D eigenvalue weighted by Gasteiger charge is 2.26. The lowest BCUT2D eigenvalue weighted by molar-refractivity contribution is 0.0600. The number of nitrogens with zero attached hydrogens (tertiary/aromatic N) is 1. The first-order valence-electron chi connectivity index (χ1n) is 7.32. The Morgan fingerprint density at radius 2 is 2.14 bits per heavy atom. The first-order valence-corrected chi connectivity index (χ1v) is 7.32. The predicted octanol–water partition coefficient (Wildman–Crippen LogP) is 3.14. The standard InChI is InChI=1S/C17H20N2O2/c1-21-17(20)14-8-6-13(7-9-14)12-19-11-3-5-16(19)15-4-2-10-18-15/h2,4,6-10,16,18H,3,5,11-12H2,1H3/t16-/m0/s1. The Kier molecular flexibility index (Phi) is 4.06. The molecule has 2 aromatic rings. The van der Waals surface area contributed by atoms with Crippen LogP contribution in [0, 0.1) is 0 Å². The third-order valence-corrected chi connectivity index (χ3v) is 4.11. The number of aromatic amines is 1. The predicted molar refractivity (Wildman–Crippen MR) is 81.0 cm³/mol. The van der Waals surface area contributed by atoms with Gasteiger partial charge in [-0.25, -0.2) is 4.79 Å². The molecule has 1 N–H and O–H groups in total. The van der Waals surface area contributed by atoms with Gasteiger partial charge in [0.2, 0.25) is 0 Å². The van der Waals surface area contributed by atoms with E-state index in [-0.39, 0.29) is 5.97 Å². The molecule has 21 heavy (non-hydrogen) atoms. The summed E-state index contributed by atoms with van der Waals surface area (Å²) in [6.45, 7) is 2.02. The van der Waals surface area contributed by atoms with E-state index in [1.807, 2.05) is 30.5 Å². The summed E-state index contributed by atoms with van der Waals surface area (Å²) in [5.74, 6) is -0.285. The smallest absolute Gasteiger partial charge is 0.337 e. The van der Waals surface area contributed by atoms with Gasteiger partial charge in [-0.2, -0.15) is 0 Å². The zero-order chi connectivity index (χ0) is 14.7. The maximum Gasteiger partial charge on any atom is 0.337 e. The van der Waals surface area contributed by atoms with Crippen molar-refractivity contribution < 1.29 is 9.53 Å². The average Bonchev–Trinajstić information content (AvgIpc) is 3.18. The van der Waals surface area contributed by atoms with Crippen LogP contribution >= 0.6 is 0 Å². The van der Waals surface area contributed by atoms with Crippen molar-refractivity contribution in [3.8, 4) is 0 Å². The Morgan fingerprint density at radius 1 is 1.33 bits per heavy atom. The largest absolute Gasteiger partial charge is 0.465 e. The normalized spacial score (nSPS) is 18.8. The van der Waals surface area contributed by atoms with Crippen LogP contribution in [-0.2, 0) is 11.3 Å². The number of nitrogens with one attached hydrogen (secondary N) is 1. The van der Waals surface area contributed by atoms with Crippen molar-refractivity contribution in [2.24, 2.45) is 0 Å². The van der Waals surface area contributed by atoms with E-state index in [1.54, 1.807) is 0 Å². The first-order chi connectivity index (χ1) is 10.3. The maximum absolute atomic E-state index is 11.4. The molecule has 0 unspecified atom stereocenters. The molecule has 0 spiro atoms. The summed E-state index contributed by atoms with van der Waals surface area (Å²) in [7, 11) is 1.40. The Balaban J connectivity index is 1.69. The van der Waals surface area contributed by atoms with Crippen LogP contribution in [0.4, 0.5) is 0 Å². The fraction of sp³-hybridized carbons (Fsp3) is 0.353. The number of hydrogen-bond acceptors (Lipinski definition) is 3. The number of carbonyl (C=O) groups excluding carboxylic acids is 1. The van der Waals surface area contributed by atoms with E-state index < -0.39 is 0 Å². The molecule has 1 fully saturated rings. The van der Waals surface area contributed by atoms with Gasteiger partial charge in [0, 0.05) is 18.4 Å². The molecule has 0 bridgehead atoms. The Bertz CT molecular complexity index is 590. The molecule has 0 saturated carbocycles. The molecule has 3 rings (SSSR count). The highest BCUT2D eigenvalue weighted by molar-refractivity contribution is 5.89. The zero-order valence-electron chi connectivity index (χ0n) is 12.2. The van der Waals surface area contributed by atoms with E-state index in [0.29, 0.717) is 11.6 Å². The summed E-state index contributed by atoms with van der Waals surface area (Å²) in [4.78, 5) is 17.2. The molecule has 4 nitrogen and oxygen atoms in total. The van der Waals surface area contributed by atoms with Crippen molar-refractivity contribution in [3.05, 3.63) is 59.4 Å². The van der Waals surface area contributed by atoms with Crippen LogP contribution in [0.3, 0.4) is 0 Å². The quantitative estimate of drug-likeness (QED) is 0.877. The molecule has 1 saturated heterocycles. The summed E-state index contributed by atoms with van der Waals surface area (Å²) in [6.07, 6.45) is 4.40. The van der Waals surface area contributed by atoms with Crippen LogP contribution in [0.15, 0.2) is 42.6 Å². The Labute approximate surface area is 124 Å². The van der Waals surface area contributed by atoms with Gasteiger partial charge in [-0.3, -0.25) is 4.90 Å². The number of hydrogen-bond donors (Lipinski definition) is 1. The van der Waals surface area contributed by atoms with Crippen molar-refractivity contribution in [2.45, 2.75) is 25.4 Å². The number of carbonyl (C=O) groups is 1. The molecular weight excluding hydrogens is 264 g/mol. The molecule has 110 valence electrons. The minimum Gasteiger partial charge on any atom is -0.465 e. The molecule has 1 atom stereocenters. The lowest BCUT2D eigenvalue weighted by Gasteiger charge is -2.23. The average molecular weight is 284 g/mol. The van der Waals surface area contributed by atoms with Gasteiger partial charge in [-0.1, -0.05) is 12.1 Å². The van der Waals surface area contributed by atoms with Gasteiger partial charge >= 0.3 is 5.97 Å². The van der Waals surface area contributed by atoms with Crippen molar-refractivity contribution in [1.29, 1.82) is 0 Å². The molecule has 1 aromatic heterocycles. The van der Waals surface area contributed by atoms with E-state index in [9.17, 15) is 4.79 Å². The van der Waals surface area contributed by atoms with Crippen LogP contribution in [-0.4, -0.2) is 29.5 Å². The lowest BCUT2D eigenvalue weighted by atomic mass is 10.1. The van der Waals surface area contributed by atoms with Gasteiger partial charge in [0.05, 0.1) is 18.7 Å². The molecule has 1 aromatic carbocycles. The Morgan fingerprint density at radius 3 is 2.81 bits per heavy atom. The minimum atomic E-state index is -0.285. The molecule has 0 amide bonds. The first kappa shape index (κ1) is 13.9. The molecular formula is C17H20N2O2. The number of aromatic nitrogens is 1. The summed E-state index contributed by atoms with van der Waals surface area (Å²) in [5, 5.41) is 0.